The van der Waals surface area contributed by atoms with Gasteiger partial charge in [0.15, 0.2) is 0 Å². The molecule has 0 atom stereocenters. The van der Waals surface area contributed by atoms with Crippen molar-refractivity contribution in [2.24, 2.45) is 0 Å². The van der Waals surface area contributed by atoms with Crippen LogP contribution in [0, 0.1) is 17.0 Å². The Hall–Kier alpha value is -2.90. The molecule has 0 saturated heterocycles. The second-order valence-electron chi connectivity index (χ2n) is 5.82. The molecule has 2 aromatic carbocycles. The van der Waals surface area contributed by atoms with Crippen molar-refractivity contribution in [1.82, 2.24) is 9.78 Å². The molecule has 0 spiro atoms. The Morgan fingerprint density at radius 3 is 2.67 bits per heavy atom. The first-order valence-electron chi connectivity index (χ1n) is 7.87. The van der Waals surface area contributed by atoms with Crippen LogP contribution in [0.15, 0.2) is 48.7 Å². The van der Waals surface area contributed by atoms with Crippen molar-refractivity contribution in [3.8, 4) is 0 Å². The molecular weight excluding hydrogens is 391 g/mol. The van der Waals surface area contributed by atoms with E-state index in [9.17, 15) is 14.9 Å². The lowest BCUT2D eigenvalue weighted by atomic mass is 10.1. The number of aryl methyl sites for hydroxylation is 1. The summed E-state index contributed by atoms with van der Waals surface area (Å²) >= 11 is 12.1. The van der Waals surface area contributed by atoms with Gasteiger partial charge in [-0.15, -0.1) is 0 Å². The van der Waals surface area contributed by atoms with Crippen molar-refractivity contribution in [3.05, 3.63) is 85.5 Å². The molecule has 0 fully saturated rings. The van der Waals surface area contributed by atoms with E-state index >= 15 is 0 Å². The molecule has 0 bridgehead atoms. The van der Waals surface area contributed by atoms with Gasteiger partial charge in [-0.3, -0.25) is 14.9 Å². The third-order valence-corrected chi connectivity index (χ3v) is 4.54. The first-order chi connectivity index (χ1) is 12.8. The molecule has 0 aliphatic rings. The maximum Gasteiger partial charge on any atom is 0.272 e. The molecule has 138 valence electrons. The van der Waals surface area contributed by atoms with Gasteiger partial charge >= 0.3 is 0 Å². The fourth-order valence-corrected chi connectivity index (χ4v) is 3.03. The molecule has 0 aliphatic heterocycles. The quantitative estimate of drug-likeness (QED) is 0.492. The highest BCUT2D eigenvalue weighted by Crippen LogP contribution is 2.23. The van der Waals surface area contributed by atoms with E-state index in [4.69, 9.17) is 23.2 Å². The number of carbonyl (C=O) groups is 1. The Morgan fingerprint density at radius 2 is 2.00 bits per heavy atom. The highest BCUT2D eigenvalue weighted by Gasteiger charge is 2.15. The van der Waals surface area contributed by atoms with Crippen LogP contribution in [-0.4, -0.2) is 20.6 Å². The van der Waals surface area contributed by atoms with Crippen molar-refractivity contribution < 1.29 is 9.72 Å². The van der Waals surface area contributed by atoms with Crippen LogP contribution in [-0.2, 0) is 6.54 Å². The van der Waals surface area contributed by atoms with E-state index in [-0.39, 0.29) is 5.69 Å². The number of hydrogen-bond donors (Lipinski definition) is 1. The zero-order chi connectivity index (χ0) is 19.6. The largest absolute Gasteiger partial charge is 0.307 e. The van der Waals surface area contributed by atoms with E-state index in [0.29, 0.717) is 33.5 Å². The number of halogens is 2. The molecule has 1 N–H and O–H groups in total. The third kappa shape index (κ3) is 4.27. The van der Waals surface area contributed by atoms with Gasteiger partial charge in [0, 0.05) is 33.3 Å². The highest BCUT2D eigenvalue weighted by atomic mass is 35.5. The lowest BCUT2D eigenvalue weighted by Gasteiger charge is -2.11. The molecule has 1 amide bonds. The summed E-state index contributed by atoms with van der Waals surface area (Å²) in [5.41, 5.74) is 1.49. The zero-order valence-corrected chi connectivity index (χ0v) is 15.7. The van der Waals surface area contributed by atoms with Gasteiger partial charge < -0.3 is 5.32 Å². The summed E-state index contributed by atoms with van der Waals surface area (Å²) in [5, 5.41) is 18.9. The molecule has 0 aliphatic carbocycles. The summed E-state index contributed by atoms with van der Waals surface area (Å²) in [6, 6.07) is 11.0. The minimum Gasteiger partial charge on any atom is -0.307 e. The van der Waals surface area contributed by atoms with Gasteiger partial charge in [-0.1, -0.05) is 29.3 Å². The first-order valence-corrected chi connectivity index (χ1v) is 8.63. The summed E-state index contributed by atoms with van der Waals surface area (Å²) in [4.78, 5) is 22.9. The molecule has 3 aromatic rings. The fraction of sp³-hybridized carbons (Fsp3) is 0.111. The summed E-state index contributed by atoms with van der Waals surface area (Å²) in [6.07, 6.45) is 1.56. The number of nitro groups is 1. The van der Waals surface area contributed by atoms with Crippen LogP contribution < -0.4 is 5.32 Å². The van der Waals surface area contributed by atoms with E-state index in [1.54, 1.807) is 42.1 Å². The molecule has 0 saturated carbocycles. The van der Waals surface area contributed by atoms with Crippen LogP contribution in [0.4, 0.5) is 11.5 Å². The van der Waals surface area contributed by atoms with Crippen LogP contribution >= 0.6 is 23.2 Å². The standard InChI is InChI=1S/C18H14Cl2N4O3/c1-11-8-12(3-5-16(11)24(26)27)18(25)22-17-6-7-21-23(17)10-13-2-4-14(19)9-15(13)20/h2-9H,10H2,1H3,(H,22,25). The smallest absolute Gasteiger partial charge is 0.272 e. The molecule has 27 heavy (non-hydrogen) atoms. The van der Waals surface area contributed by atoms with Crippen LogP contribution in [0.5, 0.6) is 0 Å². The second kappa shape index (κ2) is 7.77. The van der Waals surface area contributed by atoms with E-state index in [2.05, 4.69) is 10.4 Å². The van der Waals surface area contributed by atoms with Gasteiger partial charge in [-0.25, -0.2) is 4.68 Å². The highest BCUT2D eigenvalue weighted by molar-refractivity contribution is 6.35. The lowest BCUT2D eigenvalue weighted by molar-refractivity contribution is -0.385. The van der Waals surface area contributed by atoms with Gasteiger partial charge in [-0.2, -0.15) is 5.10 Å². The number of aromatic nitrogens is 2. The molecule has 1 aromatic heterocycles. The van der Waals surface area contributed by atoms with Crippen molar-refractivity contribution in [2.75, 3.05) is 5.32 Å². The Bertz CT molecular complexity index is 1030. The van der Waals surface area contributed by atoms with Gasteiger partial charge in [0.1, 0.15) is 5.82 Å². The number of rotatable bonds is 5. The Kier molecular flexibility index (Phi) is 5.43. The van der Waals surface area contributed by atoms with Gasteiger partial charge in [0.25, 0.3) is 11.6 Å². The average molecular weight is 405 g/mol. The van der Waals surface area contributed by atoms with Crippen LogP contribution in [0.3, 0.4) is 0 Å². The normalized spacial score (nSPS) is 10.6. The Balaban J connectivity index is 1.79. The maximum atomic E-state index is 12.5. The lowest BCUT2D eigenvalue weighted by Crippen LogP contribution is -2.16. The molecule has 0 unspecified atom stereocenters. The fourth-order valence-electron chi connectivity index (χ4n) is 2.57. The van der Waals surface area contributed by atoms with Crippen LogP contribution in [0.25, 0.3) is 0 Å². The predicted octanol–water partition coefficient (Wildman–Crippen LogP) is 4.71. The number of nitrogens with zero attached hydrogens (tertiary/aromatic N) is 3. The van der Waals surface area contributed by atoms with E-state index in [1.165, 1.54) is 18.2 Å². The summed E-state index contributed by atoms with van der Waals surface area (Å²) in [6.45, 7) is 1.93. The number of benzene rings is 2. The monoisotopic (exact) mass is 404 g/mol. The number of hydrogen-bond acceptors (Lipinski definition) is 4. The first kappa shape index (κ1) is 18.9. The summed E-state index contributed by atoms with van der Waals surface area (Å²) in [7, 11) is 0. The maximum absolute atomic E-state index is 12.5. The van der Waals surface area contributed by atoms with Crippen molar-refractivity contribution >= 4 is 40.6 Å². The molecule has 9 heteroatoms. The van der Waals surface area contributed by atoms with E-state index in [0.717, 1.165) is 5.56 Å². The van der Waals surface area contributed by atoms with Crippen molar-refractivity contribution in [2.45, 2.75) is 13.5 Å². The van der Waals surface area contributed by atoms with E-state index in [1.807, 2.05) is 0 Å². The zero-order valence-electron chi connectivity index (χ0n) is 14.1. The number of nitro benzene ring substituents is 1. The average Bonchev–Trinajstić information content (AvgIpc) is 3.03. The minimum atomic E-state index is -0.484. The second-order valence-corrected chi connectivity index (χ2v) is 6.67. The van der Waals surface area contributed by atoms with Crippen molar-refractivity contribution in [1.29, 1.82) is 0 Å². The topological polar surface area (TPSA) is 90.1 Å². The van der Waals surface area contributed by atoms with Gasteiger partial charge in [0.2, 0.25) is 0 Å². The van der Waals surface area contributed by atoms with Gasteiger partial charge in [0.05, 0.1) is 17.7 Å². The van der Waals surface area contributed by atoms with Gasteiger partial charge in [-0.05, 0) is 36.8 Å². The molecule has 3 rings (SSSR count). The number of nitrogens with one attached hydrogen (secondary N) is 1. The minimum absolute atomic E-state index is 0.0334. The third-order valence-electron chi connectivity index (χ3n) is 3.95. The summed E-state index contributed by atoms with van der Waals surface area (Å²) < 4.78 is 1.59. The number of anilines is 1. The predicted molar refractivity (Wildman–Crippen MR) is 104 cm³/mol. The molecule has 0 radical (unpaired) electrons. The molecular formula is C18H14Cl2N4O3. The van der Waals surface area contributed by atoms with Crippen LogP contribution in [0.2, 0.25) is 10.0 Å². The van der Waals surface area contributed by atoms with E-state index < -0.39 is 10.8 Å². The molecule has 7 nitrogen and oxygen atoms in total. The Morgan fingerprint density at radius 1 is 1.22 bits per heavy atom. The summed E-state index contributed by atoms with van der Waals surface area (Å²) in [5.74, 6) is 0.0824. The Labute approximate surface area is 164 Å². The number of carbonyl (C=O) groups excluding carboxylic acids is 1. The molecule has 1 heterocycles. The van der Waals surface area contributed by atoms with Crippen LogP contribution in [0.1, 0.15) is 21.5 Å². The number of amides is 1. The SMILES string of the molecule is Cc1cc(C(=O)Nc2ccnn2Cc2ccc(Cl)cc2Cl)ccc1[N+](=O)[O-]. The van der Waals surface area contributed by atoms with Crippen molar-refractivity contribution in [3.63, 3.8) is 0 Å².